The van der Waals surface area contributed by atoms with Crippen LogP contribution in [-0.2, 0) is 4.79 Å². The summed E-state index contributed by atoms with van der Waals surface area (Å²) >= 11 is 0. The number of hydrogen-bond donors (Lipinski definition) is 2. The number of carbonyl (C=O) groups excluding carboxylic acids is 1. The summed E-state index contributed by atoms with van der Waals surface area (Å²) in [7, 11) is 0. The summed E-state index contributed by atoms with van der Waals surface area (Å²) in [6.07, 6.45) is 5.03. The maximum Gasteiger partial charge on any atom is 0.327 e. The molecule has 1 aliphatic rings. The van der Waals surface area contributed by atoms with E-state index in [4.69, 9.17) is 16.3 Å². The van der Waals surface area contributed by atoms with Crippen LogP contribution in [0.3, 0.4) is 0 Å². The molecule has 3 unspecified atom stereocenters. The van der Waals surface area contributed by atoms with Crippen LogP contribution in [0.1, 0.15) is 42.1 Å². The molecule has 1 aliphatic heterocycles. The Kier molecular flexibility index (Phi) is 4.18. The number of ether oxygens (including phenoxy) is 1. The molecular weight excluding hydrogens is 270 g/mol. The summed E-state index contributed by atoms with van der Waals surface area (Å²) in [5.74, 6) is 1.32. The van der Waals surface area contributed by atoms with Gasteiger partial charge in [-0.3, -0.25) is 4.79 Å². The highest BCUT2D eigenvalue weighted by atomic mass is 16.5. The van der Waals surface area contributed by atoms with Crippen LogP contribution in [0.5, 0.6) is 5.75 Å². The largest absolute Gasteiger partial charge is 0.489 e. The molecule has 1 aromatic carbocycles. The molecule has 0 aromatic heterocycles. The van der Waals surface area contributed by atoms with Crippen molar-refractivity contribution in [3.05, 3.63) is 29.3 Å². The van der Waals surface area contributed by atoms with E-state index in [1.54, 1.807) is 12.1 Å². The normalized spacial score (nSPS) is 20.8. The first-order valence-electron chi connectivity index (χ1n) is 6.72. The van der Waals surface area contributed by atoms with Crippen LogP contribution < -0.4 is 10.1 Å². The number of hydrogen-bond acceptors (Lipinski definition) is 3. The maximum atomic E-state index is 12.3. The number of carboxylic acid groups (broad SMARTS) is 1. The molecule has 5 nitrogen and oxygen atoms in total. The van der Waals surface area contributed by atoms with Crippen LogP contribution in [0.25, 0.3) is 0 Å². The number of benzene rings is 1. The van der Waals surface area contributed by atoms with Gasteiger partial charge in [-0.05, 0) is 13.0 Å². The van der Waals surface area contributed by atoms with Crippen LogP contribution in [0.15, 0.2) is 18.2 Å². The standard InChI is InChI=1S/C16H17NO4/c1-4-6-13(16(19)20)17-15(18)12-8-5-7-11-9(2)10(3)21-14(11)12/h1,5,7-10,13H,6H2,2-3H3,(H,17,18)(H,19,20). The fraction of sp³-hybridized carbons (Fsp3) is 0.375. The fourth-order valence-corrected chi connectivity index (χ4v) is 2.32. The Hall–Kier alpha value is -2.48. The van der Waals surface area contributed by atoms with Crippen LogP contribution in [0.2, 0.25) is 0 Å². The van der Waals surface area contributed by atoms with Gasteiger partial charge in [0.1, 0.15) is 17.9 Å². The highest BCUT2D eigenvalue weighted by Gasteiger charge is 2.32. The van der Waals surface area contributed by atoms with E-state index < -0.39 is 17.9 Å². The lowest BCUT2D eigenvalue weighted by atomic mass is 9.96. The molecule has 1 aromatic rings. The average Bonchev–Trinajstić information content (AvgIpc) is 2.73. The van der Waals surface area contributed by atoms with Crippen molar-refractivity contribution in [1.82, 2.24) is 5.32 Å². The Morgan fingerprint density at radius 3 is 2.81 bits per heavy atom. The highest BCUT2D eigenvalue weighted by molar-refractivity contribution is 5.99. The molecule has 110 valence electrons. The topological polar surface area (TPSA) is 75.6 Å². The van der Waals surface area contributed by atoms with Crippen molar-refractivity contribution >= 4 is 11.9 Å². The van der Waals surface area contributed by atoms with Gasteiger partial charge in [0.05, 0.1) is 5.56 Å². The van der Waals surface area contributed by atoms with Gasteiger partial charge < -0.3 is 15.2 Å². The average molecular weight is 287 g/mol. The van der Waals surface area contributed by atoms with Gasteiger partial charge in [0, 0.05) is 17.9 Å². The third-order valence-corrected chi connectivity index (χ3v) is 3.71. The summed E-state index contributed by atoms with van der Waals surface area (Å²) in [5, 5.41) is 11.5. The summed E-state index contributed by atoms with van der Waals surface area (Å²) in [5.41, 5.74) is 1.30. The number of carboxylic acids is 1. The van der Waals surface area contributed by atoms with E-state index in [2.05, 4.69) is 11.2 Å². The van der Waals surface area contributed by atoms with Gasteiger partial charge in [0.15, 0.2) is 0 Å². The molecule has 0 saturated carbocycles. The second-order valence-corrected chi connectivity index (χ2v) is 5.11. The van der Waals surface area contributed by atoms with Gasteiger partial charge in [0.25, 0.3) is 5.91 Å². The Balaban J connectivity index is 2.26. The number of rotatable bonds is 4. The Bertz CT molecular complexity index is 617. The molecule has 2 rings (SSSR count). The number of amides is 1. The van der Waals surface area contributed by atoms with Gasteiger partial charge in [-0.2, -0.15) is 0 Å². The van der Waals surface area contributed by atoms with E-state index in [0.717, 1.165) is 5.56 Å². The number of terminal acetylenes is 1. The second-order valence-electron chi connectivity index (χ2n) is 5.11. The third-order valence-electron chi connectivity index (χ3n) is 3.71. The summed E-state index contributed by atoms with van der Waals surface area (Å²) in [4.78, 5) is 23.3. The Labute approximate surface area is 123 Å². The monoisotopic (exact) mass is 287 g/mol. The number of para-hydroxylation sites is 1. The van der Waals surface area contributed by atoms with E-state index in [1.807, 2.05) is 19.9 Å². The van der Waals surface area contributed by atoms with E-state index in [1.165, 1.54) is 0 Å². The van der Waals surface area contributed by atoms with Crippen LogP contribution in [-0.4, -0.2) is 29.1 Å². The summed E-state index contributed by atoms with van der Waals surface area (Å²) in [6, 6.07) is 4.20. The lowest BCUT2D eigenvalue weighted by Gasteiger charge is -2.14. The van der Waals surface area contributed by atoms with Crippen molar-refractivity contribution in [2.75, 3.05) is 0 Å². The first kappa shape index (κ1) is 14.9. The first-order valence-corrected chi connectivity index (χ1v) is 6.72. The van der Waals surface area contributed by atoms with E-state index in [0.29, 0.717) is 11.3 Å². The highest BCUT2D eigenvalue weighted by Crippen LogP contribution is 2.40. The Morgan fingerprint density at radius 1 is 1.48 bits per heavy atom. The molecule has 0 fully saturated rings. The number of aliphatic carboxylic acids is 1. The summed E-state index contributed by atoms with van der Waals surface area (Å²) in [6.45, 7) is 3.96. The molecule has 0 spiro atoms. The van der Waals surface area contributed by atoms with E-state index in [9.17, 15) is 9.59 Å². The third kappa shape index (κ3) is 2.84. The minimum Gasteiger partial charge on any atom is -0.489 e. The van der Waals surface area contributed by atoms with E-state index in [-0.39, 0.29) is 18.4 Å². The molecule has 0 saturated heterocycles. The minimum absolute atomic E-state index is 0.0186. The fourth-order valence-electron chi connectivity index (χ4n) is 2.32. The maximum absolute atomic E-state index is 12.3. The molecule has 1 amide bonds. The number of carbonyl (C=O) groups is 2. The number of nitrogens with one attached hydrogen (secondary N) is 1. The van der Waals surface area contributed by atoms with Gasteiger partial charge >= 0.3 is 5.97 Å². The molecule has 0 radical (unpaired) electrons. The molecular formula is C16H17NO4. The molecule has 0 bridgehead atoms. The Morgan fingerprint density at radius 2 is 2.19 bits per heavy atom. The zero-order valence-electron chi connectivity index (χ0n) is 11.9. The predicted molar refractivity (Wildman–Crippen MR) is 77.3 cm³/mol. The number of fused-ring (bicyclic) bond motifs is 1. The molecule has 5 heteroatoms. The first-order chi connectivity index (χ1) is 9.95. The van der Waals surface area contributed by atoms with Gasteiger partial charge in [-0.25, -0.2) is 4.79 Å². The van der Waals surface area contributed by atoms with Crippen molar-refractivity contribution in [2.24, 2.45) is 0 Å². The van der Waals surface area contributed by atoms with Crippen LogP contribution in [0.4, 0.5) is 0 Å². The molecule has 0 aliphatic carbocycles. The van der Waals surface area contributed by atoms with Crippen molar-refractivity contribution in [1.29, 1.82) is 0 Å². The van der Waals surface area contributed by atoms with Crippen LogP contribution in [0, 0.1) is 12.3 Å². The summed E-state index contributed by atoms with van der Waals surface area (Å²) < 4.78 is 5.72. The van der Waals surface area contributed by atoms with Crippen molar-refractivity contribution < 1.29 is 19.4 Å². The second kappa shape index (κ2) is 5.88. The van der Waals surface area contributed by atoms with Gasteiger partial charge in [-0.15, -0.1) is 12.3 Å². The lowest BCUT2D eigenvalue weighted by Crippen LogP contribution is -2.40. The molecule has 21 heavy (non-hydrogen) atoms. The SMILES string of the molecule is C#CCC(NC(=O)c1cccc2c1OC(C)C2C)C(=O)O. The van der Waals surface area contributed by atoms with Gasteiger partial charge in [0.2, 0.25) is 0 Å². The lowest BCUT2D eigenvalue weighted by molar-refractivity contribution is -0.139. The van der Waals surface area contributed by atoms with Crippen LogP contribution >= 0.6 is 0 Å². The van der Waals surface area contributed by atoms with E-state index >= 15 is 0 Å². The quantitative estimate of drug-likeness (QED) is 0.828. The van der Waals surface area contributed by atoms with Crippen molar-refractivity contribution in [3.63, 3.8) is 0 Å². The predicted octanol–water partition coefficient (Wildman–Crippen LogP) is 1.78. The minimum atomic E-state index is -1.16. The van der Waals surface area contributed by atoms with Crippen molar-refractivity contribution in [3.8, 4) is 18.1 Å². The molecule has 1 heterocycles. The zero-order chi connectivity index (χ0) is 15.6. The van der Waals surface area contributed by atoms with Gasteiger partial charge in [-0.1, -0.05) is 19.1 Å². The molecule has 3 atom stereocenters. The van der Waals surface area contributed by atoms with Crippen molar-refractivity contribution in [2.45, 2.75) is 38.3 Å². The smallest absolute Gasteiger partial charge is 0.327 e. The zero-order valence-corrected chi connectivity index (χ0v) is 11.9. The molecule has 2 N–H and O–H groups in total.